The Morgan fingerprint density at radius 3 is 2.74 bits per heavy atom. The smallest absolute Gasteiger partial charge is 0.255 e. The Hall–Kier alpha value is -2.21. The second kappa shape index (κ2) is 6.91. The van der Waals surface area contributed by atoms with Crippen molar-refractivity contribution in [3.8, 4) is 0 Å². The van der Waals surface area contributed by atoms with Gasteiger partial charge in [0.05, 0.1) is 19.8 Å². The molecule has 5 nitrogen and oxygen atoms in total. The molecule has 0 atom stereocenters. The Balaban J connectivity index is 2.01. The molecule has 0 radical (unpaired) electrons. The zero-order valence-electron chi connectivity index (χ0n) is 13.2. The van der Waals surface area contributed by atoms with Gasteiger partial charge in [-0.05, 0) is 24.1 Å². The van der Waals surface area contributed by atoms with Crippen molar-refractivity contribution in [2.24, 2.45) is 0 Å². The molecule has 0 saturated carbocycles. The maximum Gasteiger partial charge on any atom is 0.255 e. The van der Waals surface area contributed by atoms with Crippen molar-refractivity contribution in [2.45, 2.75) is 19.9 Å². The van der Waals surface area contributed by atoms with Gasteiger partial charge in [0.15, 0.2) is 0 Å². The summed E-state index contributed by atoms with van der Waals surface area (Å²) >= 11 is 0. The SMILES string of the molecule is CCc1cc(=O)n(Cc2cccc(F)c2)c(N2CCOCC2)n1. The number of aryl methyl sites for hydroxylation is 1. The fourth-order valence-electron chi connectivity index (χ4n) is 2.69. The number of hydrogen-bond donors (Lipinski definition) is 0. The molecule has 122 valence electrons. The summed E-state index contributed by atoms with van der Waals surface area (Å²) in [6, 6.07) is 7.87. The highest BCUT2D eigenvalue weighted by Crippen LogP contribution is 2.15. The first-order valence-electron chi connectivity index (χ1n) is 7.85. The topological polar surface area (TPSA) is 47.4 Å². The van der Waals surface area contributed by atoms with Gasteiger partial charge in [-0.25, -0.2) is 9.37 Å². The molecule has 1 aromatic heterocycles. The van der Waals surface area contributed by atoms with Crippen LogP contribution in [0.3, 0.4) is 0 Å². The summed E-state index contributed by atoms with van der Waals surface area (Å²) in [4.78, 5) is 19.2. The first kappa shape index (κ1) is 15.7. The van der Waals surface area contributed by atoms with Crippen molar-refractivity contribution in [1.29, 1.82) is 0 Å². The van der Waals surface area contributed by atoms with Crippen molar-refractivity contribution in [3.63, 3.8) is 0 Å². The highest BCUT2D eigenvalue weighted by Gasteiger charge is 2.18. The monoisotopic (exact) mass is 317 g/mol. The van der Waals surface area contributed by atoms with E-state index in [-0.39, 0.29) is 11.4 Å². The van der Waals surface area contributed by atoms with E-state index < -0.39 is 0 Å². The lowest BCUT2D eigenvalue weighted by atomic mass is 10.2. The van der Waals surface area contributed by atoms with E-state index >= 15 is 0 Å². The van der Waals surface area contributed by atoms with Gasteiger partial charge in [-0.3, -0.25) is 9.36 Å². The van der Waals surface area contributed by atoms with Crippen LogP contribution in [0.5, 0.6) is 0 Å². The second-order valence-electron chi connectivity index (χ2n) is 5.55. The molecule has 0 spiro atoms. The molecule has 6 heteroatoms. The molecule has 1 saturated heterocycles. The molecule has 23 heavy (non-hydrogen) atoms. The molecule has 2 aromatic rings. The minimum Gasteiger partial charge on any atom is -0.378 e. The first-order valence-corrected chi connectivity index (χ1v) is 7.85. The van der Waals surface area contributed by atoms with E-state index in [0.29, 0.717) is 45.2 Å². The van der Waals surface area contributed by atoms with E-state index in [2.05, 4.69) is 9.88 Å². The van der Waals surface area contributed by atoms with Crippen LogP contribution < -0.4 is 10.5 Å². The number of rotatable bonds is 4. The molecule has 0 unspecified atom stereocenters. The summed E-state index contributed by atoms with van der Waals surface area (Å²) < 4.78 is 20.4. The lowest BCUT2D eigenvalue weighted by Gasteiger charge is -2.30. The van der Waals surface area contributed by atoms with Crippen LogP contribution in [0.2, 0.25) is 0 Å². The lowest BCUT2D eigenvalue weighted by Crippen LogP contribution is -2.41. The van der Waals surface area contributed by atoms with Gasteiger partial charge in [0.2, 0.25) is 5.95 Å². The van der Waals surface area contributed by atoms with Crippen molar-refractivity contribution in [1.82, 2.24) is 9.55 Å². The van der Waals surface area contributed by atoms with Crippen molar-refractivity contribution in [2.75, 3.05) is 31.2 Å². The third-order valence-corrected chi connectivity index (χ3v) is 3.93. The molecule has 0 bridgehead atoms. The zero-order valence-corrected chi connectivity index (χ0v) is 13.2. The molecule has 0 aliphatic carbocycles. The average molecular weight is 317 g/mol. The van der Waals surface area contributed by atoms with Crippen LogP contribution in [0.25, 0.3) is 0 Å². The maximum absolute atomic E-state index is 13.4. The Morgan fingerprint density at radius 2 is 2.04 bits per heavy atom. The van der Waals surface area contributed by atoms with Gasteiger partial charge in [0.25, 0.3) is 5.56 Å². The Labute approximate surface area is 134 Å². The predicted molar refractivity (Wildman–Crippen MR) is 86.4 cm³/mol. The summed E-state index contributed by atoms with van der Waals surface area (Å²) in [5.74, 6) is 0.337. The van der Waals surface area contributed by atoms with E-state index in [1.807, 2.05) is 13.0 Å². The zero-order chi connectivity index (χ0) is 16.2. The summed E-state index contributed by atoms with van der Waals surface area (Å²) in [6.07, 6.45) is 0.702. The van der Waals surface area contributed by atoms with Crippen LogP contribution in [0.1, 0.15) is 18.2 Å². The van der Waals surface area contributed by atoms with Gasteiger partial charge in [0.1, 0.15) is 5.82 Å². The maximum atomic E-state index is 13.4. The molecular formula is C17H20FN3O2. The molecule has 2 heterocycles. The highest BCUT2D eigenvalue weighted by molar-refractivity contribution is 5.34. The summed E-state index contributed by atoms with van der Waals surface area (Å²) in [7, 11) is 0. The number of aromatic nitrogens is 2. The van der Waals surface area contributed by atoms with Crippen LogP contribution in [-0.4, -0.2) is 35.9 Å². The molecular weight excluding hydrogens is 297 g/mol. The average Bonchev–Trinajstić information content (AvgIpc) is 2.57. The summed E-state index contributed by atoms with van der Waals surface area (Å²) in [5.41, 5.74) is 1.40. The van der Waals surface area contributed by atoms with Gasteiger partial charge >= 0.3 is 0 Å². The van der Waals surface area contributed by atoms with Crippen LogP contribution in [0.15, 0.2) is 35.1 Å². The molecule has 1 fully saturated rings. The minimum atomic E-state index is -0.304. The number of anilines is 1. The minimum absolute atomic E-state index is 0.109. The number of benzene rings is 1. The third-order valence-electron chi connectivity index (χ3n) is 3.93. The van der Waals surface area contributed by atoms with Crippen molar-refractivity contribution < 1.29 is 9.13 Å². The highest BCUT2D eigenvalue weighted by atomic mass is 19.1. The molecule has 0 amide bonds. The number of ether oxygens (including phenoxy) is 1. The quantitative estimate of drug-likeness (QED) is 0.863. The normalized spacial score (nSPS) is 15.0. The summed E-state index contributed by atoms with van der Waals surface area (Å²) in [5, 5.41) is 0. The number of morpholine rings is 1. The van der Waals surface area contributed by atoms with Crippen molar-refractivity contribution in [3.05, 3.63) is 57.8 Å². The first-order chi connectivity index (χ1) is 11.2. The molecule has 1 aliphatic rings. The number of nitrogens with zero attached hydrogens (tertiary/aromatic N) is 3. The van der Waals surface area contributed by atoms with Crippen LogP contribution in [-0.2, 0) is 17.7 Å². The Kier molecular flexibility index (Phi) is 4.71. The second-order valence-corrected chi connectivity index (χ2v) is 5.55. The van der Waals surface area contributed by atoms with Gasteiger partial charge in [-0.1, -0.05) is 19.1 Å². The lowest BCUT2D eigenvalue weighted by molar-refractivity contribution is 0.121. The van der Waals surface area contributed by atoms with E-state index in [1.165, 1.54) is 12.1 Å². The van der Waals surface area contributed by atoms with E-state index in [1.54, 1.807) is 16.7 Å². The van der Waals surface area contributed by atoms with Gasteiger partial charge in [-0.2, -0.15) is 0 Å². The van der Waals surface area contributed by atoms with E-state index in [0.717, 1.165) is 11.3 Å². The molecule has 1 aliphatic heterocycles. The fraction of sp³-hybridized carbons (Fsp3) is 0.412. The largest absolute Gasteiger partial charge is 0.378 e. The van der Waals surface area contributed by atoms with E-state index in [9.17, 15) is 9.18 Å². The van der Waals surface area contributed by atoms with Crippen LogP contribution in [0.4, 0.5) is 10.3 Å². The van der Waals surface area contributed by atoms with Crippen molar-refractivity contribution >= 4 is 5.95 Å². The molecule has 1 aromatic carbocycles. The number of halogens is 1. The Bertz CT molecular complexity index is 739. The van der Waals surface area contributed by atoms with Crippen LogP contribution >= 0.6 is 0 Å². The fourth-order valence-corrected chi connectivity index (χ4v) is 2.69. The van der Waals surface area contributed by atoms with Gasteiger partial charge in [-0.15, -0.1) is 0 Å². The van der Waals surface area contributed by atoms with E-state index in [4.69, 9.17) is 4.74 Å². The van der Waals surface area contributed by atoms with Crippen LogP contribution in [0, 0.1) is 5.82 Å². The molecule has 3 rings (SSSR count). The summed E-state index contributed by atoms with van der Waals surface area (Å²) in [6.45, 7) is 4.91. The molecule has 0 N–H and O–H groups in total. The van der Waals surface area contributed by atoms with Gasteiger partial charge in [0, 0.05) is 24.8 Å². The standard InChI is InChI=1S/C17H20FN3O2/c1-2-15-11-16(22)21(12-13-4-3-5-14(18)10-13)17(19-15)20-6-8-23-9-7-20/h3-5,10-11H,2,6-9,12H2,1H3. The Morgan fingerprint density at radius 1 is 1.26 bits per heavy atom. The third kappa shape index (κ3) is 3.59. The predicted octanol–water partition coefficient (Wildman–Crippen LogP) is 1.83. The number of hydrogen-bond acceptors (Lipinski definition) is 4. The van der Waals surface area contributed by atoms with Gasteiger partial charge < -0.3 is 9.64 Å².